The summed E-state index contributed by atoms with van der Waals surface area (Å²) in [6.07, 6.45) is 6.71. The molecule has 2 aromatic rings. The monoisotopic (exact) mass is 393 g/mol. The van der Waals surface area contributed by atoms with Crippen LogP contribution in [0.4, 0.5) is 11.6 Å². The number of carbonyl (C=O) groups excluding carboxylic acids is 1. The first-order valence-electron chi connectivity index (χ1n) is 10.5. The topological polar surface area (TPSA) is 93.4 Å². The second-order valence-electron chi connectivity index (χ2n) is 8.38. The molecule has 2 fully saturated rings. The average Bonchev–Trinajstić information content (AvgIpc) is 3.56. The van der Waals surface area contributed by atoms with Crippen molar-refractivity contribution < 1.29 is 9.53 Å². The van der Waals surface area contributed by atoms with E-state index in [9.17, 15) is 4.79 Å². The van der Waals surface area contributed by atoms with E-state index < -0.39 is 5.60 Å². The van der Waals surface area contributed by atoms with E-state index in [2.05, 4.69) is 26.3 Å². The van der Waals surface area contributed by atoms with E-state index in [1.54, 1.807) is 0 Å². The van der Waals surface area contributed by atoms with Crippen molar-refractivity contribution in [1.29, 1.82) is 0 Å². The third-order valence-electron chi connectivity index (χ3n) is 6.35. The maximum absolute atomic E-state index is 12.7. The number of para-hydroxylation sites is 1. The Morgan fingerprint density at radius 1 is 1.28 bits per heavy atom. The van der Waals surface area contributed by atoms with Gasteiger partial charge in [-0.25, -0.2) is 9.97 Å². The lowest BCUT2D eigenvalue weighted by molar-refractivity contribution is -0.122. The van der Waals surface area contributed by atoms with E-state index in [-0.39, 0.29) is 5.91 Å². The van der Waals surface area contributed by atoms with Crippen LogP contribution in [0, 0.1) is 0 Å². The molecule has 1 aliphatic carbocycles. The Hall–Kier alpha value is -2.51. The summed E-state index contributed by atoms with van der Waals surface area (Å²) in [5.74, 6) is 0.953. The van der Waals surface area contributed by atoms with Gasteiger partial charge in [0.15, 0.2) is 0 Å². The number of nitrogens with zero attached hydrogens (tertiary/aromatic N) is 3. The zero-order valence-corrected chi connectivity index (χ0v) is 16.6. The summed E-state index contributed by atoms with van der Waals surface area (Å²) in [4.78, 5) is 23.5. The molecular weight excluding hydrogens is 366 g/mol. The lowest BCUT2D eigenvalue weighted by Gasteiger charge is -2.43. The maximum atomic E-state index is 12.7. The van der Waals surface area contributed by atoms with Crippen molar-refractivity contribution in [2.45, 2.75) is 43.6 Å². The van der Waals surface area contributed by atoms with Crippen LogP contribution in [-0.4, -0.2) is 47.0 Å². The SMILES string of the molecule is Nc1ncc2c(n1)C1(CCN(CC(=O)Nc3ccccc3C3CC3)CC1)OCC2. The minimum atomic E-state index is -0.393. The van der Waals surface area contributed by atoms with Gasteiger partial charge in [0.05, 0.1) is 18.8 Å². The fraction of sp³-hybridized carbons (Fsp3) is 0.500. The second-order valence-corrected chi connectivity index (χ2v) is 8.38. The van der Waals surface area contributed by atoms with Crippen molar-refractivity contribution >= 4 is 17.5 Å². The molecule has 1 saturated carbocycles. The molecule has 0 bridgehead atoms. The van der Waals surface area contributed by atoms with Gasteiger partial charge in [-0.2, -0.15) is 0 Å². The van der Waals surface area contributed by atoms with Gasteiger partial charge in [-0.3, -0.25) is 9.69 Å². The third-order valence-corrected chi connectivity index (χ3v) is 6.35. The average molecular weight is 393 g/mol. The standard InChI is InChI=1S/C22H27N5O2/c23-21-24-13-16-7-12-29-22(20(16)26-21)8-10-27(11-9-22)14-19(28)25-18-4-2-1-3-17(18)15-5-6-15/h1-4,13,15H,5-12,14H2,(H,25,28)(H2,23,24,26). The van der Waals surface area contributed by atoms with Gasteiger partial charge >= 0.3 is 0 Å². The number of nitrogens with one attached hydrogen (secondary N) is 1. The number of likely N-dealkylation sites (tertiary alicyclic amines) is 1. The van der Waals surface area contributed by atoms with Gasteiger partial charge in [0.1, 0.15) is 5.60 Å². The Bertz CT molecular complexity index is 919. The van der Waals surface area contributed by atoms with Gasteiger partial charge in [0, 0.05) is 25.0 Å². The molecule has 1 amide bonds. The summed E-state index contributed by atoms with van der Waals surface area (Å²) in [6, 6.07) is 8.17. The predicted molar refractivity (Wildman–Crippen MR) is 110 cm³/mol. The van der Waals surface area contributed by atoms with Gasteiger partial charge in [-0.15, -0.1) is 0 Å². The summed E-state index contributed by atoms with van der Waals surface area (Å²) in [7, 11) is 0. The number of nitrogen functional groups attached to an aromatic ring is 1. The van der Waals surface area contributed by atoms with Crippen LogP contribution in [0.15, 0.2) is 30.5 Å². The van der Waals surface area contributed by atoms with E-state index >= 15 is 0 Å². The fourth-order valence-corrected chi connectivity index (χ4v) is 4.63. The molecule has 3 N–H and O–H groups in total. The molecule has 152 valence electrons. The van der Waals surface area contributed by atoms with Crippen LogP contribution in [0.5, 0.6) is 0 Å². The second kappa shape index (κ2) is 7.39. The largest absolute Gasteiger partial charge is 0.368 e. The van der Waals surface area contributed by atoms with Crippen LogP contribution in [0.1, 0.15) is 48.4 Å². The van der Waals surface area contributed by atoms with Gasteiger partial charge < -0.3 is 15.8 Å². The van der Waals surface area contributed by atoms with Crippen molar-refractivity contribution in [3.05, 3.63) is 47.3 Å². The zero-order chi connectivity index (χ0) is 19.8. The van der Waals surface area contributed by atoms with Crippen molar-refractivity contribution in [2.75, 3.05) is 37.3 Å². The smallest absolute Gasteiger partial charge is 0.238 e. The summed E-state index contributed by atoms with van der Waals surface area (Å²) in [5, 5.41) is 3.12. The normalized spacial score (nSPS) is 21.0. The molecule has 3 heterocycles. The first-order chi connectivity index (χ1) is 14.1. The molecule has 29 heavy (non-hydrogen) atoms. The number of hydrogen-bond donors (Lipinski definition) is 2. The van der Waals surface area contributed by atoms with E-state index in [1.807, 2.05) is 24.4 Å². The molecule has 2 aliphatic heterocycles. The van der Waals surface area contributed by atoms with Gasteiger partial charge in [-0.1, -0.05) is 18.2 Å². The van der Waals surface area contributed by atoms with Crippen LogP contribution >= 0.6 is 0 Å². The van der Waals surface area contributed by atoms with E-state index in [0.717, 1.165) is 49.3 Å². The quantitative estimate of drug-likeness (QED) is 0.829. The lowest BCUT2D eigenvalue weighted by Crippen LogP contribution is -2.48. The van der Waals surface area contributed by atoms with Gasteiger partial charge in [0.25, 0.3) is 0 Å². The van der Waals surface area contributed by atoms with E-state index in [4.69, 9.17) is 10.5 Å². The predicted octanol–water partition coefficient (Wildman–Crippen LogP) is 2.44. The van der Waals surface area contributed by atoms with E-state index in [0.29, 0.717) is 25.0 Å². The molecule has 0 unspecified atom stereocenters. The number of ether oxygens (including phenoxy) is 1. The molecular formula is C22H27N5O2. The summed E-state index contributed by atoms with van der Waals surface area (Å²) in [5.41, 5.74) is 9.75. The van der Waals surface area contributed by atoms with Gasteiger partial charge in [0.2, 0.25) is 11.9 Å². The summed E-state index contributed by atoms with van der Waals surface area (Å²) < 4.78 is 6.21. The number of nitrogens with two attached hydrogens (primary N) is 1. The molecule has 5 rings (SSSR count). The number of aromatic nitrogens is 2. The number of piperidine rings is 1. The van der Waals surface area contributed by atoms with Crippen LogP contribution in [-0.2, 0) is 21.6 Å². The fourth-order valence-electron chi connectivity index (χ4n) is 4.63. The molecule has 0 atom stereocenters. The Morgan fingerprint density at radius 2 is 2.07 bits per heavy atom. The minimum absolute atomic E-state index is 0.0468. The Morgan fingerprint density at radius 3 is 2.86 bits per heavy atom. The van der Waals surface area contributed by atoms with Crippen molar-refractivity contribution in [3.8, 4) is 0 Å². The Kier molecular flexibility index (Phi) is 4.72. The highest BCUT2D eigenvalue weighted by molar-refractivity contribution is 5.93. The Labute approximate surface area is 170 Å². The zero-order valence-electron chi connectivity index (χ0n) is 16.6. The number of anilines is 2. The van der Waals surface area contributed by atoms with Crippen LogP contribution < -0.4 is 11.1 Å². The number of benzene rings is 1. The Balaban J connectivity index is 1.22. The minimum Gasteiger partial charge on any atom is -0.368 e. The van der Waals surface area contributed by atoms with Crippen molar-refractivity contribution in [3.63, 3.8) is 0 Å². The highest BCUT2D eigenvalue weighted by Crippen LogP contribution is 2.43. The molecule has 1 saturated heterocycles. The third kappa shape index (κ3) is 3.72. The number of rotatable bonds is 4. The van der Waals surface area contributed by atoms with Crippen LogP contribution in [0.3, 0.4) is 0 Å². The van der Waals surface area contributed by atoms with Crippen LogP contribution in [0.2, 0.25) is 0 Å². The lowest BCUT2D eigenvalue weighted by atomic mass is 9.83. The van der Waals surface area contributed by atoms with Crippen molar-refractivity contribution in [2.24, 2.45) is 0 Å². The van der Waals surface area contributed by atoms with E-state index in [1.165, 1.54) is 18.4 Å². The highest BCUT2D eigenvalue weighted by Gasteiger charge is 2.42. The molecule has 0 radical (unpaired) electrons. The molecule has 1 spiro atoms. The summed E-state index contributed by atoms with van der Waals surface area (Å²) in [6.45, 7) is 2.66. The number of fused-ring (bicyclic) bond motifs is 2. The number of amides is 1. The first kappa shape index (κ1) is 18.5. The maximum Gasteiger partial charge on any atom is 0.238 e. The molecule has 7 heteroatoms. The number of carbonyl (C=O) groups is 1. The molecule has 1 aromatic heterocycles. The van der Waals surface area contributed by atoms with Gasteiger partial charge in [-0.05, 0) is 55.2 Å². The number of hydrogen-bond acceptors (Lipinski definition) is 6. The first-order valence-corrected chi connectivity index (χ1v) is 10.5. The molecule has 1 aromatic carbocycles. The molecule has 3 aliphatic rings. The van der Waals surface area contributed by atoms with Crippen LogP contribution in [0.25, 0.3) is 0 Å². The summed E-state index contributed by atoms with van der Waals surface area (Å²) >= 11 is 0. The highest BCUT2D eigenvalue weighted by atomic mass is 16.5. The molecule has 7 nitrogen and oxygen atoms in total. The van der Waals surface area contributed by atoms with Crippen molar-refractivity contribution in [1.82, 2.24) is 14.9 Å².